The van der Waals surface area contributed by atoms with Crippen molar-refractivity contribution >= 4 is 17.6 Å². The van der Waals surface area contributed by atoms with Gasteiger partial charge in [0.05, 0.1) is 13.0 Å². The number of benzene rings is 3. The van der Waals surface area contributed by atoms with Gasteiger partial charge in [-0.1, -0.05) is 61.8 Å². The van der Waals surface area contributed by atoms with Gasteiger partial charge in [-0.15, -0.1) is 0 Å². The lowest BCUT2D eigenvalue weighted by atomic mass is 9.83. The second kappa shape index (κ2) is 9.47. The Balaban J connectivity index is 2.19. The molecule has 3 aromatic carbocycles. The van der Waals surface area contributed by atoms with Gasteiger partial charge in [-0.3, -0.25) is 4.79 Å². The van der Waals surface area contributed by atoms with Crippen LogP contribution in [0.25, 0.3) is 11.1 Å². The Labute approximate surface area is 181 Å². The highest BCUT2D eigenvalue weighted by molar-refractivity contribution is 6.31. The molecule has 30 heavy (non-hydrogen) atoms. The minimum Gasteiger partial charge on any atom is -0.469 e. The quantitative estimate of drug-likeness (QED) is 0.423. The molecule has 0 fully saturated rings. The van der Waals surface area contributed by atoms with Gasteiger partial charge in [0.1, 0.15) is 23.1 Å². The van der Waals surface area contributed by atoms with Crippen molar-refractivity contribution in [1.29, 1.82) is 5.26 Å². The molecule has 4 nitrogen and oxygen atoms in total. The topological polar surface area (TPSA) is 59.3 Å². The van der Waals surface area contributed by atoms with Crippen LogP contribution in [0.5, 0.6) is 11.5 Å². The zero-order valence-corrected chi connectivity index (χ0v) is 17.8. The molecule has 0 N–H and O–H groups in total. The number of carbonyl (C=O) groups is 1. The SMILES string of the molecule is COC(=O)C(c1ccc(Cl)cc1-c1cccc(Oc2ccccc2)c1C#N)C(C)C. The van der Waals surface area contributed by atoms with Crippen molar-refractivity contribution in [2.24, 2.45) is 5.92 Å². The molecule has 5 heteroatoms. The summed E-state index contributed by atoms with van der Waals surface area (Å²) in [4.78, 5) is 12.5. The van der Waals surface area contributed by atoms with Gasteiger partial charge in [0.2, 0.25) is 0 Å². The first-order valence-electron chi connectivity index (χ1n) is 9.60. The number of carbonyl (C=O) groups excluding carboxylic acids is 1. The predicted octanol–water partition coefficient (Wildman–Crippen LogP) is 6.58. The van der Waals surface area contributed by atoms with Crippen molar-refractivity contribution in [3.63, 3.8) is 0 Å². The first-order chi connectivity index (χ1) is 14.5. The molecule has 0 aromatic heterocycles. The molecule has 0 bridgehead atoms. The van der Waals surface area contributed by atoms with Crippen LogP contribution >= 0.6 is 11.6 Å². The van der Waals surface area contributed by atoms with Gasteiger partial charge >= 0.3 is 5.97 Å². The number of halogens is 1. The predicted molar refractivity (Wildman–Crippen MR) is 118 cm³/mol. The molecule has 0 aliphatic heterocycles. The number of para-hydroxylation sites is 1. The van der Waals surface area contributed by atoms with Crippen LogP contribution in [0.1, 0.15) is 30.9 Å². The third kappa shape index (κ3) is 4.48. The van der Waals surface area contributed by atoms with E-state index in [4.69, 9.17) is 21.1 Å². The molecular weight excluding hydrogens is 398 g/mol. The van der Waals surface area contributed by atoms with Gasteiger partial charge in [-0.25, -0.2) is 0 Å². The lowest BCUT2D eigenvalue weighted by Crippen LogP contribution is -2.20. The van der Waals surface area contributed by atoms with E-state index in [-0.39, 0.29) is 11.9 Å². The molecule has 1 atom stereocenters. The average Bonchev–Trinajstić information content (AvgIpc) is 2.75. The Morgan fingerprint density at radius 3 is 2.37 bits per heavy atom. The number of ether oxygens (including phenoxy) is 2. The highest BCUT2D eigenvalue weighted by atomic mass is 35.5. The fourth-order valence-electron chi connectivity index (χ4n) is 3.49. The summed E-state index contributed by atoms with van der Waals surface area (Å²) in [5.41, 5.74) is 2.49. The smallest absolute Gasteiger partial charge is 0.313 e. The molecule has 1 unspecified atom stereocenters. The lowest BCUT2D eigenvalue weighted by molar-refractivity contribution is -0.143. The van der Waals surface area contributed by atoms with Crippen LogP contribution in [0.2, 0.25) is 5.02 Å². The molecule has 3 aromatic rings. The van der Waals surface area contributed by atoms with Gasteiger partial charge in [-0.05, 0) is 47.4 Å². The van der Waals surface area contributed by atoms with Crippen molar-refractivity contribution in [2.75, 3.05) is 7.11 Å². The van der Waals surface area contributed by atoms with E-state index in [1.165, 1.54) is 7.11 Å². The summed E-state index contributed by atoms with van der Waals surface area (Å²) in [5.74, 6) is 0.237. The number of rotatable bonds is 6. The van der Waals surface area contributed by atoms with Gasteiger partial charge in [0, 0.05) is 10.6 Å². The zero-order chi connectivity index (χ0) is 21.7. The van der Waals surface area contributed by atoms with Crippen LogP contribution < -0.4 is 4.74 Å². The fourth-order valence-corrected chi connectivity index (χ4v) is 3.66. The van der Waals surface area contributed by atoms with Crippen LogP contribution in [-0.2, 0) is 9.53 Å². The maximum Gasteiger partial charge on any atom is 0.313 e. The van der Waals surface area contributed by atoms with Crippen molar-refractivity contribution in [2.45, 2.75) is 19.8 Å². The number of methoxy groups -OCH3 is 1. The van der Waals surface area contributed by atoms with Crippen molar-refractivity contribution in [1.82, 2.24) is 0 Å². The molecule has 0 aliphatic rings. The lowest BCUT2D eigenvalue weighted by Gasteiger charge is -2.23. The molecule has 0 spiro atoms. The Morgan fingerprint density at radius 2 is 1.73 bits per heavy atom. The molecule has 0 amide bonds. The normalized spacial score (nSPS) is 11.6. The Morgan fingerprint density at radius 1 is 1.00 bits per heavy atom. The summed E-state index contributed by atoms with van der Waals surface area (Å²) in [5, 5.41) is 10.5. The number of nitrogens with zero attached hydrogens (tertiary/aromatic N) is 1. The fraction of sp³-hybridized carbons (Fsp3) is 0.200. The Hall–Kier alpha value is -3.29. The highest BCUT2D eigenvalue weighted by Gasteiger charge is 2.29. The zero-order valence-electron chi connectivity index (χ0n) is 17.1. The van der Waals surface area contributed by atoms with E-state index in [9.17, 15) is 10.1 Å². The molecule has 0 radical (unpaired) electrons. The Kier molecular flexibility index (Phi) is 6.76. The molecule has 0 saturated carbocycles. The largest absolute Gasteiger partial charge is 0.469 e. The van der Waals surface area contributed by atoms with Crippen LogP contribution in [-0.4, -0.2) is 13.1 Å². The van der Waals surface area contributed by atoms with Crippen LogP contribution in [0.4, 0.5) is 0 Å². The maximum atomic E-state index is 12.5. The van der Waals surface area contributed by atoms with E-state index in [0.29, 0.717) is 33.2 Å². The third-order valence-corrected chi connectivity index (χ3v) is 5.11. The number of esters is 1. The van der Waals surface area contributed by atoms with E-state index in [2.05, 4.69) is 6.07 Å². The van der Waals surface area contributed by atoms with Crippen LogP contribution in [0.15, 0.2) is 66.7 Å². The van der Waals surface area contributed by atoms with Crippen LogP contribution in [0.3, 0.4) is 0 Å². The van der Waals surface area contributed by atoms with Gasteiger partial charge in [0.15, 0.2) is 0 Å². The van der Waals surface area contributed by atoms with Crippen molar-refractivity contribution in [3.8, 4) is 28.7 Å². The van der Waals surface area contributed by atoms with Crippen molar-refractivity contribution in [3.05, 3.63) is 82.9 Å². The summed E-state index contributed by atoms with van der Waals surface area (Å²) in [6.45, 7) is 3.92. The summed E-state index contributed by atoms with van der Waals surface area (Å²) >= 11 is 6.30. The average molecular weight is 420 g/mol. The standard InChI is InChI=1S/C25H22ClNO3/c1-16(2)24(25(28)29-3)20-13-12-17(26)14-21(20)19-10-7-11-23(22(19)15-27)30-18-8-5-4-6-9-18/h4-14,16,24H,1-3H3. The Bertz CT molecular complexity index is 1090. The summed E-state index contributed by atoms with van der Waals surface area (Å²) < 4.78 is 11.0. The summed E-state index contributed by atoms with van der Waals surface area (Å²) in [6, 6.07) is 22.3. The second-order valence-corrected chi connectivity index (χ2v) is 7.62. The van der Waals surface area contributed by atoms with E-state index in [1.54, 1.807) is 18.2 Å². The van der Waals surface area contributed by atoms with Crippen molar-refractivity contribution < 1.29 is 14.3 Å². The van der Waals surface area contributed by atoms with Gasteiger partial charge < -0.3 is 9.47 Å². The number of hydrogen-bond donors (Lipinski definition) is 0. The monoisotopic (exact) mass is 419 g/mol. The summed E-state index contributed by atoms with van der Waals surface area (Å²) in [6.07, 6.45) is 0. The highest BCUT2D eigenvalue weighted by Crippen LogP contribution is 2.40. The molecule has 0 saturated heterocycles. The van der Waals surface area contributed by atoms with E-state index in [1.807, 2.05) is 62.4 Å². The molecule has 152 valence electrons. The first-order valence-corrected chi connectivity index (χ1v) is 9.97. The maximum absolute atomic E-state index is 12.5. The van der Waals surface area contributed by atoms with Crippen LogP contribution in [0, 0.1) is 17.2 Å². The number of nitriles is 1. The number of hydrogen-bond acceptors (Lipinski definition) is 4. The van der Waals surface area contributed by atoms with E-state index < -0.39 is 5.92 Å². The third-order valence-electron chi connectivity index (χ3n) is 4.87. The summed E-state index contributed by atoms with van der Waals surface area (Å²) in [7, 11) is 1.38. The van der Waals surface area contributed by atoms with Gasteiger partial charge in [-0.2, -0.15) is 5.26 Å². The first kappa shape index (κ1) is 21.4. The second-order valence-electron chi connectivity index (χ2n) is 7.18. The molecule has 0 aliphatic carbocycles. The molecule has 3 rings (SSSR count). The molecular formula is C25H22ClNO3. The van der Waals surface area contributed by atoms with E-state index >= 15 is 0 Å². The minimum atomic E-state index is -0.493. The van der Waals surface area contributed by atoms with E-state index in [0.717, 1.165) is 5.56 Å². The minimum absolute atomic E-state index is 0.00772. The molecule has 0 heterocycles. The van der Waals surface area contributed by atoms with Gasteiger partial charge in [0.25, 0.3) is 0 Å².